The van der Waals surface area contributed by atoms with E-state index in [0.717, 1.165) is 31.2 Å². The van der Waals surface area contributed by atoms with Crippen molar-refractivity contribution >= 4 is 58.2 Å². The molecule has 11 N–H and O–H groups in total. The summed E-state index contributed by atoms with van der Waals surface area (Å²) < 4.78 is 27.9. The number of unbranched alkanes of at least 4 members (excludes halogenated alkanes) is 4. The van der Waals surface area contributed by atoms with Gasteiger partial charge in [0.15, 0.2) is 5.60 Å². The number of pyridine rings is 2. The van der Waals surface area contributed by atoms with Crippen LogP contribution in [0.2, 0.25) is 0 Å². The number of fused-ring (bicyclic) bond motifs is 5. The lowest BCUT2D eigenvalue weighted by molar-refractivity contribution is -0.172. The number of likely N-dealkylation sites (tertiary alicyclic amines) is 1. The molecule has 3 aliphatic heterocycles. The van der Waals surface area contributed by atoms with Crippen LogP contribution in [-0.4, -0.2) is 168 Å². The summed E-state index contributed by atoms with van der Waals surface area (Å²) in [7, 11) is 0. The van der Waals surface area contributed by atoms with Crippen LogP contribution in [0.5, 0.6) is 0 Å². The smallest absolute Gasteiger partial charge is 0.343 e. The fourth-order valence-corrected chi connectivity index (χ4v) is 11.8. The second-order valence-corrected chi connectivity index (χ2v) is 24.5. The van der Waals surface area contributed by atoms with E-state index in [-0.39, 0.29) is 93.0 Å². The van der Waals surface area contributed by atoms with Crippen molar-refractivity contribution in [3.05, 3.63) is 62.2 Å². The van der Waals surface area contributed by atoms with Crippen molar-refractivity contribution in [1.29, 1.82) is 0 Å². The fourth-order valence-electron chi connectivity index (χ4n) is 11.8. The predicted molar refractivity (Wildman–Crippen MR) is 322 cm³/mol. The molecular formula is C63H91FN8O17. The third-order valence-corrected chi connectivity index (χ3v) is 17.9. The van der Waals surface area contributed by atoms with Crippen LogP contribution in [0.1, 0.15) is 166 Å². The number of aryl methyl sites for hydroxylation is 1. The first kappa shape index (κ1) is 71.3. The van der Waals surface area contributed by atoms with Crippen LogP contribution in [0.15, 0.2) is 23.0 Å². The number of rotatable bonds is 35. The van der Waals surface area contributed by atoms with Gasteiger partial charge in [-0.1, -0.05) is 60.8 Å². The third-order valence-electron chi connectivity index (χ3n) is 17.9. The van der Waals surface area contributed by atoms with E-state index in [1.165, 1.54) is 22.5 Å². The molecule has 0 saturated carbocycles. The van der Waals surface area contributed by atoms with E-state index in [2.05, 4.69) is 40.4 Å². The van der Waals surface area contributed by atoms with Crippen molar-refractivity contribution in [1.82, 2.24) is 41.0 Å². The van der Waals surface area contributed by atoms with Crippen molar-refractivity contribution in [2.45, 2.75) is 213 Å². The second-order valence-electron chi connectivity index (χ2n) is 24.5. The number of aliphatic hydroxyl groups is 6. The van der Waals surface area contributed by atoms with Gasteiger partial charge in [-0.3, -0.25) is 43.3 Å². The molecule has 3 aliphatic rings. The summed E-state index contributed by atoms with van der Waals surface area (Å²) in [5.41, 5.74) is 0.783. The SMILES string of the molecule is CCCCC(C)(CC)C1CC(=O)N(CCCCCC(=O)N[C@@H](CCC(=O)NC[C@H](O)[C@@H](O)[C@H](O)[C@H](O)CO)C(=O)N[C@H](C(=O)N[C@@H](C)C(=O)NCOCCCCc2c(C)c(F)cc3nc4c(cc23)Cn2c-4cc3c(c2=O)COC(=O)[C@]3(O)CC)C(C)C)C1=O. The molecular weight excluding hydrogens is 1160 g/mol. The Labute approximate surface area is 517 Å². The maximum Gasteiger partial charge on any atom is 0.343 e. The monoisotopic (exact) mass is 1250 g/mol. The van der Waals surface area contributed by atoms with E-state index in [0.29, 0.717) is 71.9 Å². The van der Waals surface area contributed by atoms with Gasteiger partial charge < -0.3 is 71.3 Å². The molecule has 7 amide bonds. The number of cyclic esters (lactones) is 1. The van der Waals surface area contributed by atoms with Crippen LogP contribution < -0.4 is 32.1 Å². The summed E-state index contributed by atoms with van der Waals surface area (Å²) >= 11 is 0. The number of imide groups is 1. The highest BCUT2D eigenvalue weighted by atomic mass is 19.1. The molecule has 26 heteroatoms. The summed E-state index contributed by atoms with van der Waals surface area (Å²) in [6.07, 6.45) is -1.83. The van der Waals surface area contributed by atoms with Crippen molar-refractivity contribution in [2.75, 3.05) is 33.0 Å². The lowest BCUT2D eigenvalue weighted by Gasteiger charge is -2.33. The average molecular weight is 1250 g/mol. The van der Waals surface area contributed by atoms with Gasteiger partial charge in [-0.15, -0.1) is 0 Å². The van der Waals surface area contributed by atoms with Crippen LogP contribution in [0.3, 0.4) is 0 Å². The number of halogens is 1. The maximum atomic E-state index is 15.5. The quantitative estimate of drug-likeness (QED) is 0.0136. The number of nitrogens with one attached hydrogen (secondary N) is 5. The zero-order valence-electron chi connectivity index (χ0n) is 52.4. The Kier molecular flexibility index (Phi) is 25.4. The largest absolute Gasteiger partial charge is 0.458 e. The fraction of sp³-hybridized carbons (Fsp3) is 0.651. The minimum atomic E-state index is -1.99. The van der Waals surface area contributed by atoms with E-state index in [9.17, 15) is 68.7 Å². The number of carbonyl (C=O) groups is 8. The summed E-state index contributed by atoms with van der Waals surface area (Å²) in [5.74, 6) is -6.15. The van der Waals surface area contributed by atoms with E-state index < -0.39 is 121 Å². The van der Waals surface area contributed by atoms with Gasteiger partial charge in [0.25, 0.3) is 5.56 Å². The normalized spacial score (nSPS) is 19.3. The third kappa shape index (κ3) is 17.0. The number of hydrogen-bond acceptors (Lipinski definition) is 18. The van der Waals surface area contributed by atoms with Gasteiger partial charge >= 0.3 is 5.97 Å². The standard InChI is InChI=1S/C63H91FN8O17/c1-9-12-22-62(8,10-2)42-27-51(78)71(60(42)85)23-16-13-14-19-50(77)68-44(20-21-49(76)65-29-47(74)54(79)55(80)48(75)31-73)57(82)70-52(34(4)5)58(83)67-36(7)56(81)66-33-88-24-17-15-18-38-35(6)43(64)28-45-39(38)25-37-30-72-46(53(37)69-45)26-41-40(59(72)84)32-89-61(86)63(41,87)11-3/h25-26,28,34,36,42,44,47-48,52,54-55,73-75,79-80,87H,9-24,27,29-33H2,1-8H3,(H,65,76)(H,66,81)(H,67,83)(H,68,77)(H,70,82)/t36-,42?,44-,47-,48+,52-,54+,55+,62?,63-/m0/s1. The van der Waals surface area contributed by atoms with Gasteiger partial charge in [0.1, 0.15) is 55.6 Å². The lowest BCUT2D eigenvalue weighted by atomic mass is 9.71. The Morgan fingerprint density at radius 1 is 0.865 bits per heavy atom. The van der Waals surface area contributed by atoms with E-state index in [1.807, 2.05) is 13.0 Å². The van der Waals surface area contributed by atoms with Crippen LogP contribution in [0.4, 0.5) is 4.39 Å². The van der Waals surface area contributed by atoms with Gasteiger partial charge in [0, 0.05) is 61.5 Å². The topological polar surface area (TPSA) is 375 Å². The number of ether oxygens (including phenoxy) is 2. The number of benzene rings is 1. The summed E-state index contributed by atoms with van der Waals surface area (Å²) in [5, 5.41) is 74.0. The van der Waals surface area contributed by atoms with Gasteiger partial charge in [0.05, 0.1) is 47.6 Å². The van der Waals surface area contributed by atoms with E-state index in [1.54, 1.807) is 33.8 Å². The Balaban J connectivity index is 0.991. The van der Waals surface area contributed by atoms with Crippen LogP contribution in [0, 0.1) is 30.0 Å². The molecule has 0 aliphatic carbocycles. The minimum absolute atomic E-state index is 0.0101. The number of hydrogen-bond donors (Lipinski definition) is 11. The van der Waals surface area contributed by atoms with Crippen molar-refractivity contribution in [3.8, 4) is 11.4 Å². The maximum absolute atomic E-state index is 15.5. The number of aromatic nitrogens is 2. The average Bonchev–Trinajstić information content (AvgIpc) is 1.69. The molecule has 6 rings (SSSR count). The molecule has 0 bridgehead atoms. The summed E-state index contributed by atoms with van der Waals surface area (Å²) in [4.78, 5) is 126. The first-order valence-corrected chi connectivity index (χ1v) is 31.1. The molecule has 89 heavy (non-hydrogen) atoms. The molecule has 0 spiro atoms. The molecule has 492 valence electrons. The summed E-state index contributed by atoms with van der Waals surface area (Å²) in [6, 6.07) is 1.08. The Hall–Kier alpha value is -6.81. The van der Waals surface area contributed by atoms with Crippen molar-refractivity contribution < 1.29 is 82.9 Å². The molecule has 1 aromatic carbocycles. The Morgan fingerprint density at radius 3 is 2.26 bits per heavy atom. The van der Waals surface area contributed by atoms with Crippen LogP contribution >= 0.6 is 0 Å². The van der Waals surface area contributed by atoms with Gasteiger partial charge in [0.2, 0.25) is 41.4 Å². The van der Waals surface area contributed by atoms with Crippen molar-refractivity contribution in [2.24, 2.45) is 17.3 Å². The lowest BCUT2D eigenvalue weighted by Crippen LogP contribution is -2.58. The molecule has 2 aromatic heterocycles. The minimum Gasteiger partial charge on any atom is -0.458 e. The Bertz CT molecular complexity index is 3140. The first-order chi connectivity index (χ1) is 42.2. The highest BCUT2D eigenvalue weighted by molar-refractivity contribution is 6.04. The van der Waals surface area contributed by atoms with Gasteiger partial charge in [-0.25, -0.2) is 14.2 Å². The predicted octanol–water partition coefficient (Wildman–Crippen LogP) is 1.94. The van der Waals surface area contributed by atoms with Crippen LogP contribution in [0.25, 0.3) is 22.3 Å². The molecule has 2 unspecified atom stereocenters. The summed E-state index contributed by atoms with van der Waals surface area (Å²) in [6.45, 7) is 12.8. The number of esters is 1. The van der Waals surface area contributed by atoms with Gasteiger partial charge in [-0.2, -0.15) is 0 Å². The van der Waals surface area contributed by atoms with Crippen molar-refractivity contribution in [3.63, 3.8) is 0 Å². The zero-order chi connectivity index (χ0) is 65.7. The highest BCUT2D eigenvalue weighted by Crippen LogP contribution is 2.43. The zero-order valence-corrected chi connectivity index (χ0v) is 52.4. The Morgan fingerprint density at radius 2 is 1.58 bits per heavy atom. The number of amides is 7. The first-order valence-electron chi connectivity index (χ1n) is 31.1. The molecule has 10 atom stereocenters. The number of aliphatic hydroxyl groups excluding tert-OH is 5. The molecule has 0 radical (unpaired) electrons. The van der Waals surface area contributed by atoms with Gasteiger partial charge in [-0.05, 0) is 106 Å². The molecule has 1 fully saturated rings. The number of nitrogens with zero attached hydrogens (tertiary/aromatic N) is 3. The molecule has 3 aromatic rings. The molecule has 1 saturated heterocycles. The van der Waals surface area contributed by atoms with E-state index >= 15 is 4.39 Å². The van der Waals surface area contributed by atoms with Crippen LogP contribution in [-0.2, 0) is 73.0 Å². The number of carbonyl (C=O) groups excluding carboxylic acids is 8. The highest BCUT2D eigenvalue weighted by Gasteiger charge is 2.48. The second kappa shape index (κ2) is 31.8. The molecule has 25 nitrogen and oxygen atoms in total. The molecule has 5 heterocycles. The van der Waals surface area contributed by atoms with E-state index in [4.69, 9.17) is 19.6 Å².